The van der Waals surface area contributed by atoms with Gasteiger partial charge in [-0.1, -0.05) is 0 Å². The van der Waals surface area contributed by atoms with Crippen molar-refractivity contribution >= 4 is 38.7 Å². The molecule has 3 rings (SSSR count). The summed E-state index contributed by atoms with van der Waals surface area (Å²) in [7, 11) is 5.52. The monoisotopic (exact) mass is 352 g/mol. The molecule has 0 saturated carbocycles. The number of aromatic nitrogens is 6. The average Bonchev–Trinajstić information content (AvgIpc) is 3.03. The molecule has 0 bridgehead atoms. The van der Waals surface area contributed by atoms with E-state index in [0.717, 1.165) is 11.0 Å². The van der Waals surface area contributed by atoms with Crippen molar-refractivity contribution in [2.75, 3.05) is 24.3 Å². The molecule has 21 heavy (non-hydrogen) atoms. The van der Waals surface area contributed by atoms with E-state index in [2.05, 4.69) is 46.5 Å². The minimum atomic E-state index is 0.369. The maximum Gasteiger partial charge on any atom is 0.265 e. The molecule has 0 unspecified atom stereocenters. The van der Waals surface area contributed by atoms with Crippen LogP contribution >= 0.6 is 15.9 Å². The molecule has 3 aromatic rings. The van der Waals surface area contributed by atoms with Crippen molar-refractivity contribution in [3.05, 3.63) is 16.8 Å². The maximum atomic E-state index is 5.15. The van der Waals surface area contributed by atoms with Crippen molar-refractivity contribution in [1.82, 2.24) is 29.9 Å². The highest BCUT2D eigenvalue weighted by Crippen LogP contribution is 2.26. The first-order valence-electron chi connectivity index (χ1n) is 6.13. The van der Waals surface area contributed by atoms with E-state index in [-0.39, 0.29) is 0 Å². The van der Waals surface area contributed by atoms with Crippen LogP contribution in [0.4, 0.5) is 11.8 Å². The zero-order chi connectivity index (χ0) is 15.0. The number of nitrogens with zero attached hydrogens (tertiary/aromatic N) is 7. The van der Waals surface area contributed by atoms with Crippen LogP contribution in [0, 0.1) is 0 Å². The first-order valence-corrected chi connectivity index (χ1v) is 6.92. The minimum absolute atomic E-state index is 0.369. The van der Waals surface area contributed by atoms with E-state index in [4.69, 9.17) is 4.52 Å². The van der Waals surface area contributed by atoms with Gasteiger partial charge in [0, 0.05) is 21.1 Å². The standard InChI is InChI=1S/C11H13BrN8O/c1-19(2)11-16-6(21-18-11)4-13-9-7-8(12)17-20(3)10(7)15-5-14-9/h5H,4H2,1-3H3,(H,13,14,15). The van der Waals surface area contributed by atoms with Crippen LogP contribution in [-0.2, 0) is 13.6 Å². The predicted molar refractivity (Wildman–Crippen MR) is 80.0 cm³/mol. The van der Waals surface area contributed by atoms with Crippen molar-refractivity contribution in [3.8, 4) is 0 Å². The lowest BCUT2D eigenvalue weighted by Gasteiger charge is -2.04. The Hall–Kier alpha value is -2.23. The van der Waals surface area contributed by atoms with Gasteiger partial charge in [-0.2, -0.15) is 10.1 Å². The van der Waals surface area contributed by atoms with Crippen molar-refractivity contribution < 1.29 is 4.52 Å². The zero-order valence-electron chi connectivity index (χ0n) is 11.7. The smallest absolute Gasteiger partial charge is 0.265 e. The van der Waals surface area contributed by atoms with E-state index in [9.17, 15) is 0 Å². The number of hydrogen-bond acceptors (Lipinski definition) is 8. The van der Waals surface area contributed by atoms with Gasteiger partial charge in [-0.3, -0.25) is 0 Å². The quantitative estimate of drug-likeness (QED) is 0.747. The first kappa shape index (κ1) is 13.7. The van der Waals surface area contributed by atoms with Gasteiger partial charge >= 0.3 is 0 Å². The van der Waals surface area contributed by atoms with Crippen molar-refractivity contribution in [3.63, 3.8) is 0 Å². The fraction of sp³-hybridized carbons (Fsp3) is 0.364. The van der Waals surface area contributed by atoms with Crippen molar-refractivity contribution in [2.45, 2.75) is 6.54 Å². The third kappa shape index (κ3) is 2.53. The summed E-state index contributed by atoms with van der Waals surface area (Å²) in [6.45, 7) is 0.369. The number of nitrogens with one attached hydrogen (secondary N) is 1. The van der Waals surface area contributed by atoms with Crippen LogP contribution in [0.25, 0.3) is 11.0 Å². The third-order valence-corrected chi connectivity index (χ3v) is 3.40. The average molecular weight is 353 g/mol. The molecule has 3 aromatic heterocycles. The van der Waals surface area contributed by atoms with Crippen LogP contribution in [-0.4, -0.2) is 44.0 Å². The van der Waals surface area contributed by atoms with Crippen LogP contribution in [0.5, 0.6) is 0 Å². The molecule has 0 spiro atoms. The summed E-state index contributed by atoms with van der Waals surface area (Å²) in [5, 5.41) is 12.1. The Balaban J connectivity index is 1.85. The molecule has 0 aromatic carbocycles. The second-order valence-electron chi connectivity index (χ2n) is 4.57. The summed E-state index contributed by atoms with van der Waals surface area (Å²) in [4.78, 5) is 14.5. The van der Waals surface area contributed by atoms with E-state index >= 15 is 0 Å². The fourth-order valence-corrected chi connectivity index (χ4v) is 2.44. The van der Waals surface area contributed by atoms with E-state index in [0.29, 0.717) is 28.8 Å². The Morgan fingerprint density at radius 1 is 1.38 bits per heavy atom. The van der Waals surface area contributed by atoms with Crippen LogP contribution in [0.3, 0.4) is 0 Å². The SMILES string of the molecule is CN(C)c1noc(CNc2ncnc3c2c(Br)nn3C)n1. The number of anilines is 2. The zero-order valence-corrected chi connectivity index (χ0v) is 13.3. The Kier molecular flexibility index (Phi) is 3.45. The number of aryl methyl sites for hydroxylation is 1. The van der Waals surface area contributed by atoms with Crippen LogP contribution in [0.1, 0.15) is 5.89 Å². The Bertz CT molecular complexity index is 780. The molecule has 0 atom stereocenters. The van der Waals surface area contributed by atoms with Crippen LogP contribution in [0.15, 0.2) is 15.5 Å². The molecule has 0 aliphatic heterocycles. The van der Waals surface area contributed by atoms with Gasteiger partial charge in [-0.15, -0.1) is 0 Å². The van der Waals surface area contributed by atoms with E-state index < -0.39 is 0 Å². The lowest BCUT2D eigenvalue weighted by atomic mass is 10.4. The number of hydrogen-bond donors (Lipinski definition) is 1. The molecule has 0 radical (unpaired) electrons. The van der Waals surface area contributed by atoms with Gasteiger partial charge in [0.05, 0.1) is 11.9 Å². The lowest BCUT2D eigenvalue weighted by molar-refractivity contribution is 0.383. The highest BCUT2D eigenvalue weighted by Gasteiger charge is 2.14. The van der Waals surface area contributed by atoms with Crippen molar-refractivity contribution in [1.29, 1.82) is 0 Å². The van der Waals surface area contributed by atoms with Gasteiger partial charge in [-0.05, 0) is 21.1 Å². The van der Waals surface area contributed by atoms with E-state index in [1.165, 1.54) is 6.33 Å². The molecule has 0 aliphatic rings. The fourth-order valence-electron chi connectivity index (χ4n) is 1.83. The Labute approximate surface area is 128 Å². The van der Waals surface area contributed by atoms with E-state index in [1.807, 2.05) is 21.1 Å². The second kappa shape index (κ2) is 5.28. The minimum Gasteiger partial charge on any atom is -0.360 e. The summed E-state index contributed by atoms with van der Waals surface area (Å²) in [6.07, 6.45) is 1.48. The normalized spacial score (nSPS) is 11.0. The summed E-state index contributed by atoms with van der Waals surface area (Å²) in [6, 6.07) is 0. The van der Waals surface area contributed by atoms with Gasteiger partial charge in [0.2, 0.25) is 5.89 Å². The second-order valence-corrected chi connectivity index (χ2v) is 5.32. The largest absolute Gasteiger partial charge is 0.360 e. The van der Waals surface area contributed by atoms with E-state index in [1.54, 1.807) is 9.58 Å². The Morgan fingerprint density at radius 3 is 2.90 bits per heavy atom. The number of rotatable bonds is 4. The highest BCUT2D eigenvalue weighted by molar-refractivity contribution is 9.10. The first-order chi connectivity index (χ1) is 10.1. The summed E-state index contributed by atoms with van der Waals surface area (Å²) in [5.74, 6) is 1.66. The predicted octanol–water partition coefficient (Wildman–Crippen LogP) is 1.19. The number of fused-ring (bicyclic) bond motifs is 1. The summed E-state index contributed by atoms with van der Waals surface area (Å²) in [5.41, 5.74) is 0.735. The third-order valence-electron chi connectivity index (χ3n) is 2.84. The molecular weight excluding hydrogens is 340 g/mol. The number of halogens is 1. The Morgan fingerprint density at radius 2 is 2.19 bits per heavy atom. The van der Waals surface area contributed by atoms with Crippen molar-refractivity contribution in [2.24, 2.45) is 7.05 Å². The van der Waals surface area contributed by atoms with Crippen LogP contribution < -0.4 is 10.2 Å². The van der Waals surface area contributed by atoms with Gasteiger partial charge in [-0.25, -0.2) is 14.6 Å². The van der Waals surface area contributed by atoms with Gasteiger partial charge < -0.3 is 14.7 Å². The summed E-state index contributed by atoms with van der Waals surface area (Å²) < 4.78 is 7.52. The van der Waals surface area contributed by atoms with Gasteiger partial charge in [0.1, 0.15) is 16.7 Å². The molecule has 110 valence electrons. The summed E-state index contributed by atoms with van der Waals surface area (Å²) >= 11 is 3.41. The van der Waals surface area contributed by atoms with Gasteiger partial charge in [0.15, 0.2) is 5.65 Å². The maximum absolute atomic E-state index is 5.15. The molecule has 0 saturated heterocycles. The van der Waals surface area contributed by atoms with Gasteiger partial charge in [0.25, 0.3) is 5.95 Å². The molecular formula is C11H13BrN8O. The lowest BCUT2D eigenvalue weighted by Crippen LogP contribution is -2.10. The molecule has 0 amide bonds. The highest BCUT2D eigenvalue weighted by atomic mass is 79.9. The molecule has 3 heterocycles. The molecule has 0 aliphatic carbocycles. The molecule has 10 heteroatoms. The topological polar surface area (TPSA) is 97.8 Å². The molecule has 1 N–H and O–H groups in total. The molecule has 9 nitrogen and oxygen atoms in total. The molecule has 0 fully saturated rings. The van der Waals surface area contributed by atoms with Crippen LogP contribution in [0.2, 0.25) is 0 Å².